The van der Waals surface area contributed by atoms with Crippen LogP contribution in [0.4, 0.5) is 0 Å². The average Bonchev–Trinajstić information content (AvgIpc) is 2.99. The van der Waals surface area contributed by atoms with Crippen molar-refractivity contribution in [2.75, 3.05) is 0 Å². The number of amides is 1. The third-order valence-electron chi connectivity index (χ3n) is 3.21. The van der Waals surface area contributed by atoms with Gasteiger partial charge in [0.1, 0.15) is 0 Å². The number of aromatic hydroxyl groups is 2. The van der Waals surface area contributed by atoms with Crippen LogP contribution in [-0.2, 0) is 0 Å². The number of phenols is 2. The van der Waals surface area contributed by atoms with Crippen molar-refractivity contribution >= 4 is 23.0 Å². The van der Waals surface area contributed by atoms with Crippen LogP contribution >= 0.6 is 0 Å². The Kier molecular flexibility index (Phi) is 3.49. The smallest absolute Gasteiger partial charge is 0.273 e. The van der Waals surface area contributed by atoms with E-state index in [1.54, 1.807) is 24.4 Å². The Morgan fingerprint density at radius 1 is 1.14 bits per heavy atom. The maximum absolute atomic E-state index is 12.1. The number of phenolic OH excluding ortho intramolecular Hbond substituents is 2. The molecule has 22 heavy (non-hydrogen) atoms. The van der Waals surface area contributed by atoms with Gasteiger partial charge in [-0.05, 0) is 35.9 Å². The predicted octanol–water partition coefficient (Wildman–Crippen LogP) is 2.34. The molecule has 0 fully saturated rings. The van der Waals surface area contributed by atoms with Crippen LogP contribution in [0.25, 0.3) is 10.9 Å². The number of carbonyl (C=O) groups excluding carboxylic acids is 1. The fourth-order valence-electron chi connectivity index (χ4n) is 2.12. The third kappa shape index (κ3) is 2.62. The largest absolute Gasteiger partial charge is 0.504 e. The van der Waals surface area contributed by atoms with Gasteiger partial charge in [0.2, 0.25) is 0 Å². The standard InChI is InChI=1S/C16H13N3O3/c20-13-5-4-10(8-14(13)21)9-18-19-16(22)12-3-1-2-11-6-7-17-15(11)12/h1-9,17,20-21H,(H,19,22). The number of nitrogens with zero attached hydrogens (tertiary/aromatic N) is 1. The van der Waals surface area contributed by atoms with Gasteiger partial charge in [-0.25, -0.2) is 5.43 Å². The van der Waals surface area contributed by atoms with E-state index < -0.39 is 0 Å². The number of aromatic nitrogens is 1. The van der Waals surface area contributed by atoms with Crippen LogP contribution < -0.4 is 5.43 Å². The van der Waals surface area contributed by atoms with Crippen LogP contribution in [0.3, 0.4) is 0 Å². The quantitative estimate of drug-likeness (QED) is 0.339. The summed E-state index contributed by atoms with van der Waals surface area (Å²) in [4.78, 5) is 15.2. The summed E-state index contributed by atoms with van der Waals surface area (Å²) >= 11 is 0. The third-order valence-corrected chi connectivity index (χ3v) is 3.21. The summed E-state index contributed by atoms with van der Waals surface area (Å²) in [5.74, 6) is -0.793. The van der Waals surface area contributed by atoms with E-state index in [1.165, 1.54) is 18.3 Å². The zero-order valence-electron chi connectivity index (χ0n) is 11.4. The van der Waals surface area contributed by atoms with Crippen molar-refractivity contribution in [1.82, 2.24) is 10.4 Å². The molecule has 0 radical (unpaired) electrons. The molecule has 1 heterocycles. The van der Waals surface area contributed by atoms with Gasteiger partial charge in [0.05, 0.1) is 17.3 Å². The summed E-state index contributed by atoms with van der Waals surface area (Å²) in [6.45, 7) is 0. The summed E-state index contributed by atoms with van der Waals surface area (Å²) in [6, 6.07) is 11.5. The molecule has 0 aliphatic carbocycles. The highest BCUT2D eigenvalue weighted by atomic mass is 16.3. The number of para-hydroxylation sites is 1. The molecular weight excluding hydrogens is 282 g/mol. The first-order valence-corrected chi connectivity index (χ1v) is 6.56. The second-order valence-corrected chi connectivity index (χ2v) is 4.69. The highest BCUT2D eigenvalue weighted by Gasteiger charge is 2.09. The number of rotatable bonds is 3. The second kappa shape index (κ2) is 5.61. The van der Waals surface area contributed by atoms with Crippen LogP contribution in [0.5, 0.6) is 11.5 Å². The fraction of sp³-hybridized carbons (Fsp3) is 0. The minimum absolute atomic E-state index is 0.209. The van der Waals surface area contributed by atoms with E-state index in [9.17, 15) is 15.0 Å². The molecule has 6 heteroatoms. The molecule has 0 unspecified atom stereocenters. The number of hydrogen-bond donors (Lipinski definition) is 4. The van der Waals surface area contributed by atoms with Crippen molar-refractivity contribution in [2.24, 2.45) is 5.10 Å². The highest BCUT2D eigenvalue weighted by Crippen LogP contribution is 2.24. The monoisotopic (exact) mass is 295 g/mol. The molecule has 0 atom stereocenters. The summed E-state index contributed by atoms with van der Waals surface area (Å²) in [6.07, 6.45) is 3.15. The Labute approximate surface area is 125 Å². The van der Waals surface area contributed by atoms with Gasteiger partial charge < -0.3 is 15.2 Å². The number of H-pyrrole nitrogens is 1. The lowest BCUT2D eigenvalue weighted by Gasteiger charge is -2.02. The van der Waals surface area contributed by atoms with Crippen molar-refractivity contribution < 1.29 is 15.0 Å². The molecular formula is C16H13N3O3. The van der Waals surface area contributed by atoms with Gasteiger partial charge in [-0.1, -0.05) is 12.1 Å². The number of carbonyl (C=O) groups is 1. The number of benzene rings is 2. The summed E-state index contributed by atoms with van der Waals surface area (Å²) in [7, 11) is 0. The first kappa shape index (κ1) is 13.7. The van der Waals surface area contributed by atoms with Gasteiger partial charge in [-0.2, -0.15) is 5.10 Å². The number of aromatic amines is 1. The normalized spacial score (nSPS) is 11.1. The Hall–Kier alpha value is -3.28. The van der Waals surface area contributed by atoms with E-state index in [0.29, 0.717) is 11.1 Å². The van der Waals surface area contributed by atoms with Gasteiger partial charge in [0.25, 0.3) is 5.91 Å². The van der Waals surface area contributed by atoms with Crippen LogP contribution in [0.1, 0.15) is 15.9 Å². The van der Waals surface area contributed by atoms with Gasteiger partial charge >= 0.3 is 0 Å². The summed E-state index contributed by atoms with van der Waals surface area (Å²) in [5.41, 5.74) is 4.22. The van der Waals surface area contributed by atoms with E-state index in [4.69, 9.17) is 0 Å². The molecule has 0 bridgehead atoms. The molecule has 0 saturated heterocycles. The molecule has 1 aromatic heterocycles. The van der Waals surface area contributed by atoms with Gasteiger partial charge in [0, 0.05) is 11.6 Å². The average molecular weight is 295 g/mol. The van der Waals surface area contributed by atoms with Crippen molar-refractivity contribution in [3.05, 3.63) is 59.8 Å². The van der Waals surface area contributed by atoms with Crippen molar-refractivity contribution in [3.63, 3.8) is 0 Å². The molecule has 3 rings (SSSR count). The van der Waals surface area contributed by atoms with E-state index in [2.05, 4.69) is 15.5 Å². The molecule has 4 N–H and O–H groups in total. The lowest BCUT2D eigenvalue weighted by atomic mass is 10.1. The molecule has 1 amide bonds. The molecule has 0 spiro atoms. The van der Waals surface area contributed by atoms with Crippen molar-refractivity contribution in [1.29, 1.82) is 0 Å². The molecule has 110 valence electrons. The molecule has 2 aromatic carbocycles. The Balaban J connectivity index is 1.76. The number of fused-ring (bicyclic) bond motifs is 1. The second-order valence-electron chi connectivity index (χ2n) is 4.69. The highest BCUT2D eigenvalue weighted by molar-refractivity contribution is 6.05. The predicted molar refractivity (Wildman–Crippen MR) is 83.1 cm³/mol. The van der Waals surface area contributed by atoms with E-state index in [1.807, 2.05) is 12.1 Å². The van der Waals surface area contributed by atoms with E-state index in [0.717, 1.165) is 10.9 Å². The molecule has 0 saturated carbocycles. The SMILES string of the molecule is O=C(NN=Cc1ccc(O)c(O)c1)c1cccc2cc[nH]c12. The maximum Gasteiger partial charge on any atom is 0.273 e. The fourth-order valence-corrected chi connectivity index (χ4v) is 2.12. The molecule has 3 aromatic rings. The van der Waals surface area contributed by atoms with Crippen molar-refractivity contribution in [2.45, 2.75) is 0 Å². The van der Waals surface area contributed by atoms with Gasteiger partial charge in [0.15, 0.2) is 11.5 Å². The van der Waals surface area contributed by atoms with E-state index >= 15 is 0 Å². The van der Waals surface area contributed by atoms with E-state index in [-0.39, 0.29) is 17.4 Å². The zero-order valence-corrected chi connectivity index (χ0v) is 11.4. The number of hydrazone groups is 1. The molecule has 0 aliphatic heterocycles. The number of nitrogens with one attached hydrogen (secondary N) is 2. The van der Waals surface area contributed by atoms with Crippen LogP contribution in [0.2, 0.25) is 0 Å². The first-order valence-electron chi connectivity index (χ1n) is 6.56. The summed E-state index contributed by atoms with van der Waals surface area (Å²) in [5, 5.41) is 23.4. The van der Waals surface area contributed by atoms with Crippen LogP contribution in [0, 0.1) is 0 Å². The lowest BCUT2D eigenvalue weighted by molar-refractivity contribution is 0.0956. The maximum atomic E-state index is 12.1. The molecule has 0 aliphatic rings. The topological polar surface area (TPSA) is 97.7 Å². The van der Waals surface area contributed by atoms with Crippen LogP contribution in [-0.4, -0.2) is 27.3 Å². The number of hydrogen-bond acceptors (Lipinski definition) is 4. The minimum Gasteiger partial charge on any atom is -0.504 e. The van der Waals surface area contributed by atoms with Crippen LogP contribution in [0.15, 0.2) is 53.8 Å². The van der Waals surface area contributed by atoms with Crippen molar-refractivity contribution in [3.8, 4) is 11.5 Å². The molecule has 6 nitrogen and oxygen atoms in total. The summed E-state index contributed by atoms with van der Waals surface area (Å²) < 4.78 is 0. The minimum atomic E-state index is -0.340. The Morgan fingerprint density at radius 2 is 2.00 bits per heavy atom. The zero-order chi connectivity index (χ0) is 15.5. The first-order chi connectivity index (χ1) is 10.6. The Bertz CT molecular complexity index is 868. The Morgan fingerprint density at radius 3 is 2.82 bits per heavy atom. The van der Waals surface area contributed by atoms with Gasteiger partial charge in [-0.3, -0.25) is 4.79 Å². The van der Waals surface area contributed by atoms with Gasteiger partial charge in [-0.15, -0.1) is 0 Å². The lowest BCUT2D eigenvalue weighted by Crippen LogP contribution is -2.17.